The molecule has 0 saturated heterocycles. The third-order valence-corrected chi connectivity index (χ3v) is 2.87. The number of non-ortho nitro benzene ring substituents is 1. The molecule has 2 aromatic rings. The summed E-state index contributed by atoms with van der Waals surface area (Å²) in [6.45, 7) is 3.47. The van der Waals surface area contributed by atoms with Crippen LogP contribution < -0.4 is 4.74 Å². The molecule has 0 aliphatic heterocycles. The molecule has 2 rings (SSSR count). The van der Waals surface area contributed by atoms with Crippen LogP contribution in [0.5, 0.6) is 11.6 Å². The molecule has 0 aliphatic carbocycles. The van der Waals surface area contributed by atoms with E-state index in [0.29, 0.717) is 17.0 Å². The smallest absolute Gasteiger partial charge is 0.273 e. The van der Waals surface area contributed by atoms with Gasteiger partial charge < -0.3 is 4.74 Å². The van der Waals surface area contributed by atoms with Gasteiger partial charge in [0.25, 0.3) is 5.69 Å². The molecule has 7 heteroatoms. The van der Waals surface area contributed by atoms with Crippen LogP contribution >= 0.6 is 0 Å². The fraction of sp³-hybridized carbons (Fsp3) is 0.231. The highest BCUT2D eigenvalue weighted by atomic mass is 16.6. The number of ether oxygens (including phenoxy) is 1. The van der Waals surface area contributed by atoms with Gasteiger partial charge >= 0.3 is 0 Å². The van der Waals surface area contributed by atoms with Gasteiger partial charge in [0, 0.05) is 13.1 Å². The zero-order valence-corrected chi connectivity index (χ0v) is 11.2. The molecule has 0 N–H and O–H groups in total. The molecule has 1 aromatic carbocycles. The number of nitro benzene ring substituents is 1. The number of aryl methyl sites for hydroxylation is 3. The normalized spacial score (nSPS) is 10.1. The monoisotopic (exact) mass is 272 g/mol. The van der Waals surface area contributed by atoms with E-state index in [0.717, 1.165) is 5.56 Å². The first-order valence-corrected chi connectivity index (χ1v) is 5.80. The molecule has 0 bridgehead atoms. The Balaban J connectivity index is 2.48. The number of rotatable bonds is 3. The second kappa shape index (κ2) is 5.01. The third-order valence-electron chi connectivity index (χ3n) is 2.87. The number of benzene rings is 1. The molecule has 0 saturated carbocycles. The lowest BCUT2D eigenvalue weighted by atomic mass is 10.2. The highest BCUT2D eigenvalue weighted by molar-refractivity contribution is 5.48. The molecule has 0 spiro atoms. The zero-order valence-electron chi connectivity index (χ0n) is 11.2. The zero-order chi connectivity index (χ0) is 14.9. The number of nitriles is 1. The minimum absolute atomic E-state index is 0.0667. The van der Waals surface area contributed by atoms with Gasteiger partial charge in [0.15, 0.2) is 0 Å². The maximum absolute atomic E-state index is 10.8. The summed E-state index contributed by atoms with van der Waals surface area (Å²) in [4.78, 5) is 10.3. The van der Waals surface area contributed by atoms with Crippen LogP contribution in [0.1, 0.15) is 16.8 Å². The van der Waals surface area contributed by atoms with Gasteiger partial charge in [-0.3, -0.25) is 10.1 Å². The highest BCUT2D eigenvalue weighted by Gasteiger charge is 2.17. The molecule has 0 aliphatic rings. The Hall–Kier alpha value is -2.88. The quantitative estimate of drug-likeness (QED) is 0.632. The third kappa shape index (κ3) is 2.31. The number of nitro groups is 1. The summed E-state index contributed by atoms with van der Waals surface area (Å²) in [5.41, 5.74) is 1.54. The average molecular weight is 272 g/mol. The van der Waals surface area contributed by atoms with Crippen LogP contribution in [0.2, 0.25) is 0 Å². The Morgan fingerprint density at radius 3 is 2.75 bits per heavy atom. The van der Waals surface area contributed by atoms with E-state index in [1.807, 2.05) is 6.07 Å². The number of hydrogen-bond donors (Lipinski definition) is 0. The van der Waals surface area contributed by atoms with E-state index < -0.39 is 4.92 Å². The topological polar surface area (TPSA) is 94.0 Å². The van der Waals surface area contributed by atoms with Gasteiger partial charge in [-0.1, -0.05) is 0 Å². The van der Waals surface area contributed by atoms with Crippen LogP contribution in [0.25, 0.3) is 0 Å². The molecule has 7 nitrogen and oxygen atoms in total. The van der Waals surface area contributed by atoms with Crippen molar-refractivity contribution in [2.24, 2.45) is 7.05 Å². The molecule has 1 heterocycles. The van der Waals surface area contributed by atoms with E-state index in [4.69, 9.17) is 10.00 Å². The van der Waals surface area contributed by atoms with Gasteiger partial charge in [-0.05, 0) is 25.5 Å². The molecule has 0 unspecified atom stereocenters. The van der Waals surface area contributed by atoms with Gasteiger partial charge in [-0.15, -0.1) is 0 Å². The molecule has 20 heavy (non-hydrogen) atoms. The predicted molar refractivity (Wildman–Crippen MR) is 70.6 cm³/mol. The standard InChI is InChI=1S/C13H12N4O3/c1-8-4-5-10(17(18)19)6-12(8)20-13-11(7-14)9(2)15-16(13)3/h4-6H,1-3H3. The molecule has 102 valence electrons. The van der Waals surface area contributed by atoms with Crippen LogP contribution in [-0.2, 0) is 7.05 Å². The first-order valence-electron chi connectivity index (χ1n) is 5.80. The van der Waals surface area contributed by atoms with Crippen LogP contribution in [0.3, 0.4) is 0 Å². The van der Waals surface area contributed by atoms with E-state index in [-0.39, 0.29) is 11.6 Å². The van der Waals surface area contributed by atoms with E-state index in [9.17, 15) is 10.1 Å². The average Bonchev–Trinajstić information content (AvgIpc) is 2.66. The molecule has 1 aromatic heterocycles. The van der Waals surface area contributed by atoms with Gasteiger partial charge in [0.05, 0.1) is 16.7 Å². The van der Waals surface area contributed by atoms with E-state index in [2.05, 4.69) is 5.10 Å². The number of hydrogen-bond acceptors (Lipinski definition) is 5. The lowest BCUT2D eigenvalue weighted by Gasteiger charge is -2.08. The Labute approximate surface area is 115 Å². The molecular formula is C13H12N4O3. The maximum Gasteiger partial charge on any atom is 0.273 e. The minimum atomic E-state index is -0.494. The predicted octanol–water partition coefficient (Wildman–Crippen LogP) is 2.61. The van der Waals surface area contributed by atoms with Gasteiger partial charge in [-0.25, -0.2) is 4.68 Å². The lowest BCUT2D eigenvalue weighted by molar-refractivity contribution is -0.384. The second-order valence-electron chi connectivity index (χ2n) is 4.31. The van der Waals surface area contributed by atoms with Gasteiger partial charge in [0.2, 0.25) is 5.88 Å². The van der Waals surface area contributed by atoms with Gasteiger partial charge in [0.1, 0.15) is 17.4 Å². The first kappa shape index (κ1) is 13.5. The van der Waals surface area contributed by atoms with Crippen molar-refractivity contribution in [2.75, 3.05) is 0 Å². The van der Waals surface area contributed by atoms with Crippen LogP contribution in [-0.4, -0.2) is 14.7 Å². The van der Waals surface area contributed by atoms with Crippen LogP contribution in [0.4, 0.5) is 5.69 Å². The van der Waals surface area contributed by atoms with Crippen molar-refractivity contribution in [2.45, 2.75) is 13.8 Å². The second-order valence-corrected chi connectivity index (χ2v) is 4.31. The summed E-state index contributed by atoms with van der Waals surface area (Å²) in [5, 5.41) is 24.0. The van der Waals surface area contributed by atoms with E-state index in [1.165, 1.54) is 16.8 Å². The fourth-order valence-corrected chi connectivity index (χ4v) is 1.80. The van der Waals surface area contributed by atoms with E-state index in [1.54, 1.807) is 27.0 Å². The van der Waals surface area contributed by atoms with Crippen LogP contribution in [0, 0.1) is 35.3 Å². The molecule has 0 fully saturated rings. The Morgan fingerprint density at radius 2 is 2.15 bits per heavy atom. The highest BCUT2D eigenvalue weighted by Crippen LogP contribution is 2.31. The van der Waals surface area contributed by atoms with Crippen LogP contribution in [0.15, 0.2) is 18.2 Å². The van der Waals surface area contributed by atoms with Crippen molar-refractivity contribution in [1.82, 2.24) is 9.78 Å². The molecule has 0 amide bonds. The van der Waals surface area contributed by atoms with Crippen molar-refractivity contribution in [3.63, 3.8) is 0 Å². The Kier molecular flexibility index (Phi) is 3.39. The van der Waals surface area contributed by atoms with E-state index >= 15 is 0 Å². The summed E-state index contributed by atoms with van der Waals surface area (Å²) >= 11 is 0. The largest absolute Gasteiger partial charge is 0.437 e. The summed E-state index contributed by atoms with van der Waals surface area (Å²) in [6, 6.07) is 6.36. The maximum atomic E-state index is 10.8. The van der Waals surface area contributed by atoms with Crippen molar-refractivity contribution in [1.29, 1.82) is 5.26 Å². The number of aromatic nitrogens is 2. The summed E-state index contributed by atoms with van der Waals surface area (Å²) in [7, 11) is 1.65. The summed E-state index contributed by atoms with van der Waals surface area (Å²) in [6.07, 6.45) is 0. The van der Waals surface area contributed by atoms with Gasteiger partial charge in [-0.2, -0.15) is 10.4 Å². The molecule has 0 atom stereocenters. The van der Waals surface area contributed by atoms with Crippen molar-refractivity contribution >= 4 is 5.69 Å². The SMILES string of the molecule is Cc1ccc([N+](=O)[O-])cc1Oc1c(C#N)c(C)nn1C. The molecule has 0 radical (unpaired) electrons. The fourth-order valence-electron chi connectivity index (χ4n) is 1.80. The van der Waals surface area contributed by atoms with Crippen molar-refractivity contribution < 1.29 is 9.66 Å². The van der Waals surface area contributed by atoms with Crippen molar-refractivity contribution in [3.05, 3.63) is 45.1 Å². The lowest BCUT2D eigenvalue weighted by Crippen LogP contribution is -1.98. The summed E-state index contributed by atoms with van der Waals surface area (Å²) < 4.78 is 7.08. The first-order chi connectivity index (χ1) is 9.43. The Morgan fingerprint density at radius 1 is 1.45 bits per heavy atom. The Bertz CT molecular complexity index is 728. The number of nitrogens with zero attached hydrogens (tertiary/aromatic N) is 4. The van der Waals surface area contributed by atoms with Crippen molar-refractivity contribution in [3.8, 4) is 17.7 Å². The molecular weight excluding hydrogens is 260 g/mol. The minimum Gasteiger partial charge on any atom is -0.437 e. The summed E-state index contributed by atoms with van der Waals surface area (Å²) in [5.74, 6) is 0.604.